The highest BCUT2D eigenvalue weighted by Gasteiger charge is 2.31. The number of rotatable bonds is 2. The Balaban J connectivity index is 1.95. The maximum Gasteiger partial charge on any atom is 0.185 e. The monoisotopic (exact) mass is 274 g/mol. The number of azo groups is 1. The minimum Gasteiger partial charge on any atom is -0.399 e. The zero-order chi connectivity index (χ0) is 13.4. The van der Waals surface area contributed by atoms with Crippen LogP contribution in [0.2, 0.25) is 5.02 Å². The number of carbonyl (C=O) groups is 1. The Morgan fingerprint density at radius 1 is 1.47 bits per heavy atom. The van der Waals surface area contributed by atoms with Crippen molar-refractivity contribution in [2.45, 2.75) is 6.04 Å². The van der Waals surface area contributed by atoms with E-state index in [1.165, 1.54) is 0 Å². The predicted molar refractivity (Wildman–Crippen MR) is 73.0 cm³/mol. The van der Waals surface area contributed by atoms with E-state index in [0.717, 1.165) is 11.3 Å². The lowest BCUT2D eigenvalue weighted by atomic mass is 9.94. The molecule has 6 heteroatoms. The van der Waals surface area contributed by atoms with Crippen LogP contribution >= 0.6 is 11.6 Å². The summed E-state index contributed by atoms with van der Waals surface area (Å²) in [5.74, 6) is -0.103. The van der Waals surface area contributed by atoms with Crippen LogP contribution in [0.5, 0.6) is 0 Å². The zero-order valence-corrected chi connectivity index (χ0v) is 10.7. The number of nitrogen functional groups attached to an aromatic ring is 1. The Hall–Kier alpha value is -1.98. The van der Waals surface area contributed by atoms with Crippen molar-refractivity contribution in [1.82, 2.24) is 5.32 Å². The zero-order valence-electron chi connectivity index (χ0n) is 9.93. The van der Waals surface area contributed by atoms with Crippen LogP contribution in [0.4, 0.5) is 5.69 Å². The van der Waals surface area contributed by atoms with Gasteiger partial charge in [0.15, 0.2) is 5.78 Å². The molecular weight excluding hydrogens is 264 g/mol. The first-order valence-electron chi connectivity index (χ1n) is 5.81. The first-order chi connectivity index (χ1) is 9.16. The molecule has 96 valence electrons. The predicted octanol–water partition coefficient (Wildman–Crippen LogP) is 2.31. The molecule has 1 aromatic carbocycles. The minimum absolute atomic E-state index is 0.103. The van der Waals surface area contributed by atoms with Gasteiger partial charge in [-0.3, -0.25) is 10.1 Å². The van der Waals surface area contributed by atoms with E-state index in [4.69, 9.17) is 17.3 Å². The summed E-state index contributed by atoms with van der Waals surface area (Å²) in [7, 11) is 0. The molecule has 0 aromatic heterocycles. The highest BCUT2D eigenvalue weighted by atomic mass is 35.5. The molecule has 3 rings (SSSR count). The van der Waals surface area contributed by atoms with Crippen molar-refractivity contribution in [3.63, 3.8) is 0 Å². The first-order valence-corrected chi connectivity index (χ1v) is 6.18. The standard InChI is InChI=1S/C13H11ClN4O/c14-10-5-7(15)1-2-8(10)13(19)12-9-6-17-18-11(9)3-4-16-12/h1-3,5-6,12,16H,4,15H2. The molecule has 5 nitrogen and oxygen atoms in total. The van der Waals surface area contributed by atoms with Crippen molar-refractivity contribution in [1.29, 1.82) is 0 Å². The molecule has 2 aliphatic heterocycles. The lowest BCUT2D eigenvalue weighted by Crippen LogP contribution is -2.41. The highest BCUT2D eigenvalue weighted by Crippen LogP contribution is 2.29. The van der Waals surface area contributed by atoms with Gasteiger partial charge in [-0.1, -0.05) is 11.6 Å². The number of nitrogens with two attached hydrogens (primary N) is 1. The molecule has 0 radical (unpaired) electrons. The van der Waals surface area contributed by atoms with Crippen LogP contribution in [0.25, 0.3) is 0 Å². The maximum absolute atomic E-state index is 12.5. The quantitative estimate of drug-likeness (QED) is 0.641. The molecule has 3 N–H and O–H groups in total. The summed E-state index contributed by atoms with van der Waals surface area (Å²) >= 11 is 6.08. The van der Waals surface area contributed by atoms with E-state index in [1.54, 1.807) is 24.4 Å². The number of halogens is 1. The number of anilines is 1. The molecule has 0 amide bonds. The average molecular weight is 275 g/mol. The van der Waals surface area contributed by atoms with Crippen LogP contribution in [-0.2, 0) is 0 Å². The number of fused-ring (bicyclic) bond motifs is 1. The van der Waals surface area contributed by atoms with E-state index in [-0.39, 0.29) is 5.78 Å². The third-order valence-electron chi connectivity index (χ3n) is 3.11. The third-order valence-corrected chi connectivity index (χ3v) is 3.42. The van der Waals surface area contributed by atoms with Crippen LogP contribution in [0, 0.1) is 0 Å². The van der Waals surface area contributed by atoms with Crippen LogP contribution in [-0.4, -0.2) is 18.4 Å². The summed E-state index contributed by atoms with van der Waals surface area (Å²) in [6.07, 6.45) is 3.50. The largest absolute Gasteiger partial charge is 0.399 e. The van der Waals surface area contributed by atoms with Gasteiger partial charge in [-0.05, 0) is 24.3 Å². The van der Waals surface area contributed by atoms with Crippen LogP contribution in [0.1, 0.15) is 10.4 Å². The summed E-state index contributed by atoms with van der Waals surface area (Å²) in [4.78, 5) is 12.5. The van der Waals surface area contributed by atoms with E-state index < -0.39 is 6.04 Å². The molecule has 1 unspecified atom stereocenters. The van der Waals surface area contributed by atoms with Crippen molar-refractivity contribution in [2.24, 2.45) is 10.2 Å². The first kappa shape index (κ1) is 12.1. The summed E-state index contributed by atoms with van der Waals surface area (Å²) in [6.45, 7) is 0.578. The van der Waals surface area contributed by atoms with E-state index in [9.17, 15) is 4.79 Å². The summed E-state index contributed by atoms with van der Waals surface area (Å²) in [5, 5.41) is 11.3. The average Bonchev–Trinajstić information content (AvgIpc) is 2.86. The maximum atomic E-state index is 12.5. The minimum atomic E-state index is -0.462. The molecule has 0 fully saturated rings. The Morgan fingerprint density at radius 2 is 2.32 bits per heavy atom. The molecular formula is C13H11ClN4O. The molecule has 2 aliphatic rings. The lowest BCUT2D eigenvalue weighted by Gasteiger charge is -2.22. The smallest absolute Gasteiger partial charge is 0.185 e. The lowest BCUT2D eigenvalue weighted by molar-refractivity contribution is 0.0960. The highest BCUT2D eigenvalue weighted by molar-refractivity contribution is 6.34. The molecule has 0 aliphatic carbocycles. The summed E-state index contributed by atoms with van der Waals surface area (Å²) in [5.41, 5.74) is 8.14. The number of hydrogen-bond acceptors (Lipinski definition) is 5. The van der Waals surface area contributed by atoms with Crippen LogP contribution in [0.3, 0.4) is 0 Å². The van der Waals surface area contributed by atoms with Gasteiger partial charge in [0.25, 0.3) is 0 Å². The number of Topliss-reactive ketones (excluding diaryl/α,β-unsaturated/α-hetero) is 1. The number of carbonyl (C=O) groups excluding carboxylic acids is 1. The van der Waals surface area contributed by atoms with Crippen LogP contribution in [0.15, 0.2) is 52.0 Å². The van der Waals surface area contributed by atoms with Gasteiger partial charge in [0, 0.05) is 23.4 Å². The number of ketones is 1. The van der Waals surface area contributed by atoms with Gasteiger partial charge >= 0.3 is 0 Å². The van der Waals surface area contributed by atoms with E-state index in [2.05, 4.69) is 15.5 Å². The van der Waals surface area contributed by atoms with Gasteiger partial charge in [-0.2, -0.15) is 10.2 Å². The molecule has 2 heterocycles. The van der Waals surface area contributed by atoms with Crippen molar-refractivity contribution < 1.29 is 4.79 Å². The van der Waals surface area contributed by atoms with E-state index in [0.29, 0.717) is 22.8 Å². The molecule has 0 saturated heterocycles. The topological polar surface area (TPSA) is 79.8 Å². The fourth-order valence-corrected chi connectivity index (χ4v) is 2.44. The van der Waals surface area contributed by atoms with Gasteiger partial charge in [-0.25, -0.2) is 0 Å². The molecule has 0 bridgehead atoms. The SMILES string of the molecule is Nc1ccc(C(=O)C2NCC=C3N=NC=C32)c(Cl)c1. The van der Waals surface area contributed by atoms with E-state index in [1.807, 2.05) is 6.08 Å². The van der Waals surface area contributed by atoms with Crippen LogP contribution < -0.4 is 11.1 Å². The Kier molecular flexibility index (Phi) is 2.93. The summed E-state index contributed by atoms with van der Waals surface area (Å²) < 4.78 is 0. The number of nitrogens with zero attached hydrogens (tertiary/aromatic N) is 2. The second-order valence-electron chi connectivity index (χ2n) is 4.33. The molecule has 0 spiro atoms. The molecule has 19 heavy (non-hydrogen) atoms. The van der Waals surface area contributed by atoms with Gasteiger partial charge in [0.1, 0.15) is 6.04 Å². The molecule has 1 aromatic rings. The molecule has 0 saturated carbocycles. The normalized spacial score (nSPS) is 20.8. The van der Waals surface area contributed by atoms with Gasteiger partial charge in [0.2, 0.25) is 0 Å². The number of benzene rings is 1. The fraction of sp³-hybridized carbons (Fsp3) is 0.154. The second-order valence-corrected chi connectivity index (χ2v) is 4.74. The Labute approximate surface area is 114 Å². The van der Waals surface area contributed by atoms with Crippen molar-refractivity contribution >= 4 is 23.1 Å². The van der Waals surface area contributed by atoms with Crippen molar-refractivity contribution in [2.75, 3.05) is 12.3 Å². The summed E-state index contributed by atoms with van der Waals surface area (Å²) in [6, 6.07) is 4.42. The molecule has 1 atom stereocenters. The number of nitrogens with one attached hydrogen (secondary N) is 1. The number of hydrogen-bond donors (Lipinski definition) is 2. The third kappa shape index (κ3) is 2.07. The van der Waals surface area contributed by atoms with Gasteiger partial charge in [-0.15, -0.1) is 0 Å². The Bertz CT molecular complexity index is 648. The van der Waals surface area contributed by atoms with E-state index >= 15 is 0 Å². The van der Waals surface area contributed by atoms with Gasteiger partial charge < -0.3 is 5.73 Å². The van der Waals surface area contributed by atoms with Crippen molar-refractivity contribution in [3.05, 3.63) is 52.3 Å². The van der Waals surface area contributed by atoms with Crippen molar-refractivity contribution in [3.8, 4) is 0 Å². The Morgan fingerprint density at radius 3 is 3.11 bits per heavy atom. The fourth-order valence-electron chi connectivity index (χ4n) is 2.16. The van der Waals surface area contributed by atoms with Gasteiger partial charge in [0.05, 0.1) is 16.9 Å². The second kappa shape index (κ2) is 4.60.